The van der Waals surface area contributed by atoms with E-state index in [2.05, 4.69) is 15.3 Å². The van der Waals surface area contributed by atoms with Crippen LogP contribution in [0.25, 0.3) is 33.4 Å². The predicted octanol–water partition coefficient (Wildman–Crippen LogP) is 4.11. The Hall–Kier alpha value is -3.34. The van der Waals surface area contributed by atoms with Crippen LogP contribution in [-0.2, 0) is 0 Å². The molecule has 0 amide bonds. The first-order chi connectivity index (χ1) is 12.1. The molecule has 25 heavy (non-hydrogen) atoms. The smallest absolute Gasteiger partial charge is 0.212 e. The van der Waals surface area contributed by atoms with E-state index in [1.165, 1.54) is 0 Å². The molecular formula is C20H13N3O2. The third-order valence-corrected chi connectivity index (χ3v) is 4.64. The molecule has 0 radical (unpaired) electrons. The minimum Gasteiger partial charge on any atom is -0.287 e. The zero-order chi connectivity index (χ0) is 17.1. The molecule has 0 unspecified atom stereocenters. The Bertz CT molecular complexity index is 1170. The largest absolute Gasteiger partial charge is 0.287 e. The molecule has 4 aromatic rings. The highest BCUT2D eigenvalue weighted by Gasteiger charge is 2.33. The highest BCUT2D eigenvalue weighted by Crippen LogP contribution is 2.42. The minimum atomic E-state index is -0.0769. The van der Waals surface area contributed by atoms with E-state index < -0.39 is 0 Å². The van der Waals surface area contributed by atoms with Crippen LogP contribution in [0.3, 0.4) is 0 Å². The minimum absolute atomic E-state index is 0.0769. The fraction of sp³-hybridized carbons (Fsp3) is 0.100. The molecule has 2 aromatic carbocycles. The first-order valence-corrected chi connectivity index (χ1v) is 8.02. The van der Waals surface area contributed by atoms with Crippen LogP contribution in [0.4, 0.5) is 0 Å². The van der Waals surface area contributed by atoms with Gasteiger partial charge in [0.25, 0.3) is 0 Å². The molecule has 0 saturated carbocycles. The van der Waals surface area contributed by atoms with E-state index in [0.717, 1.165) is 22.3 Å². The molecule has 120 valence electrons. The van der Waals surface area contributed by atoms with Crippen molar-refractivity contribution in [2.24, 2.45) is 0 Å². The number of aryl methyl sites for hydroxylation is 2. The van der Waals surface area contributed by atoms with Crippen molar-refractivity contribution in [3.63, 3.8) is 0 Å². The van der Waals surface area contributed by atoms with Crippen LogP contribution in [0.1, 0.15) is 27.2 Å². The maximum absolute atomic E-state index is 12.9. The number of hydrogen-bond acceptors (Lipinski definition) is 5. The summed E-state index contributed by atoms with van der Waals surface area (Å²) < 4.78 is 5.00. The maximum atomic E-state index is 12.9. The summed E-state index contributed by atoms with van der Waals surface area (Å²) >= 11 is 0. The van der Waals surface area contributed by atoms with Crippen LogP contribution in [0.15, 0.2) is 47.1 Å². The lowest BCUT2D eigenvalue weighted by Gasteiger charge is -2.05. The van der Waals surface area contributed by atoms with Crippen molar-refractivity contribution < 1.29 is 9.42 Å². The molecule has 0 fully saturated rings. The number of carbonyl (C=O) groups is 1. The summed E-state index contributed by atoms with van der Waals surface area (Å²) in [6, 6.07) is 13.8. The Morgan fingerprint density at radius 3 is 2.32 bits per heavy atom. The average molecular weight is 327 g/mol. The lowest BCUT2D eigenvalue weighted by atomic mass is 10.0. The lowest BCUT2D eigenvalue weighted by Crippen LogP contribution is -2.01. The molecule has 0 atom stereocenters. The maximum Gasteiger partial charge on any atom is 0.212 e. The van der Waals surface area contributed by atoms with Gasteiger partial charge in [0.1, 0.15) is 16.9 Å². The zero-order valence-electron chi connectivity index (χ0n) is 13.7. The van der Waals surface area contributed by atoms with Gasteiger partial charge in [-0.2, -0.15) is 0 Å². The van der Waals surface area contributed by atoms with Crippen LogP contribution >= 0.6 is 0 Å². The molecule has 2 heterocycles. The Balaban J connectivity index is 1.86. The first-order valence-electron chi connectivity index (χ1n) is 8.02. The molecule has 0 spiro atoms. The average Bonchev–Trinajstić information content (AvgIpc) is 3.19. The van der Waals surface area contributed by atoms with Gasteiger partial charge in [0.15, 0.2) is 5.52 Å². The number of aromatic nitrogens is 3. The van der Waals surface area contributed by atoms with Crippen LogP contribution in [0, 0.1) is 13.8 Å². The molecule has 0 bridgehead atoms. The van der Waals surface area contributed by atoms with Gasteiger partial charge in [0.05, 0.1) is 0 Å². The second-order valence-electron chi connectivity index (χ2n) is 6.39. The monoisotopic (exact) mass is 327 g/mol. The molecule has 5 rings (SSSR count). The summed E-state index contributed by atoms with van der Waals surface area (Å²) in [6.45, 7) is 3.99. The van der Waals surface area contributed by atoms with Gasteiger partial charge in [-0.25, -0.2) is 9.61 Å². The first kappa shape index (κ1) is 14.0. The highest BCUT2D eigenvalue weighted by molar-refractivity contribution is 6.25. The number of hydrogen-bond donors (Lipinski definition) is 0. The Morgan fingerprint density at radius 2 is 1.52 bits per heavy atom. The van der Waals surface area contributed by atoms with E-state index in [9.17, 15) is 4.79 Å². The molecule has 1 aliphatic rings. The standard InChI is InChI=1S/C20H13N3O2/c1-10-3-6-12(7-4-10)16-19-17(22-25-23-19)15-13-8-5-11(2)9-14(13)20(24)18(15)21-16/h3-9H,1-2H3. The van der Waals surface area contributed by atoms with Gasteiger partial charge in [0.2, 0.25) is 5.78 Å². The summed E-state index contributed by atoms with van der Waals surface area (Å²) in [5, 5.41) is 8.12. The second kappa shape index (κ2) is 4.83. The zero-order valence-corrected chi connectivity index (χ0v) is 13.7. The van der Waals surface area contributed by atoms with Crippen LogP contribution < -0.4 is 0 Å². The molecule has 0 saturated heterocycles. The second-order valence-corrected chi connectivity index (χ2v) is 6.39. The molecule has 0 N–H and O–H groups in total. The van der Waals surface area contributed by atoms with Crippen molar-refractivity contribution >= 4 is 16.8 Å². The quantitative estimate of drug-likeness (QED) is 0.463. The third kappa shape index (κ3) is 1.89. The topological polar surface area (TPSA) is 68.9 Å². The fourth-order valence-corrected chi connectivity index (χ4v) is 3.36. The van der Waals surface area contributed by atoms with Gasteiger partial charge in [-0.15, -0.1) is 0 Å². The van der Waals surface area contributed by atoms with Gasteiger partial charge in [-0.1, -0.05) is 47.5 Å². The van der Waals surface area contributed by atoms with E-state index in [1.54, 1.807) is 0 Å². The van der Waals surface area contributed by atoms with Crippen LogP contribution in [-0.4, -0.2) is 21.1 Å². The normalized spacial score (nSPS) is 12.5. The molecular weight excluding hydrogens is 314 g/mol. The number of rotatable bonds is 1. The van der Waals surface area contributed by atoms with Crippen molar-refractivity contribution in [3.8, 4) is 22.4 Å². The molecule has 5 heteroatoms. The van der Waals surface area contributed by atoms with Gasteiger partial charge < -0.3 is 0 Å². The summed E-state index contributed by atoms with van der Waals surface area (Å²) in [4.78, 5) is 17.6. The van der Waals surface area contributed by atoms with Crippen molar-refractivity contribution in [3.05, 3.63) is 64.8 Å². The Labute approximate surface area is 143 Å². The SMILES string of the molecule is Cc1ccc(-c2nc3c(c4nonc24)-c2ccc(C)cc2C3=O)cc1. The lowest BCUT2D eigenvalue weighted by molar-refractivity contribution is 0.103. The van der Waals surface area contributed by atoms with Gasteiger partial charge >= 0.3 is 0 Å². The number of benzene rings is 2. The van der Waals surface area contributed by atoms with E-state index in [-0.39, 0.29) is 5.78 Å². The number of nitrogens with zero attached hydrogens (tertiary/aromatic N) is 3. The summed E-state index contributed by atoms with van der Waals surface area (Å²) in [6.07, 6.45) is 0. The molecule has 5 nitrogen and oxygen atoms in total. The molecule has 2 aromatic heterocycles. The number of ketones is 1. The van der Waals surface area contributed by atoms with Crippen LogP contribution in [0.5, 0.6) is 0 Å². The van der Waals surface area contributed by atoms with E-state index >= 15 is 0 Å². The van der Waals surface area contributed by atoms with E-state index in [4.69, 9.17) is 4.63 Å². The predicted molar refractivity (Wildman–Crippen MR) is 93.4 cm³/mol. The van der Waals surface area contributed by atoms with Crippen LogP contribution in [0.2, 0.25) is 0 Å². The van der Waals surface area contributed by atoms with E-state index in [1.807, 2.05) is 56.3 Å². The van der Waals surface area contributed by atoms with Gasteiger partial charge in [-0.05, 0) is 35.8 Å². The summed E-state index contributed by atoms with van der Waals surface area (Å²) in [7, 11) is 0. The fourth-order valence-electron chi connectivity index (χ4n) is 3.36. The van der Waals surface area contributed by atoms with Crippen molar-refractivity contribution in [2.75, 3.05) is 0 Å². The van der Waals surface area contributed by atoms with Crippen molar-refractivity contribution in [1.29, 1.82) is 0 Å². The van der Waals surface area contributed by atoms with E-state index in [0.29, 0.717) is 33.5 Å². The summed E-state index contributed by atoms with van der Waals surface area (Å²) in [5.74, 6) is -0.0769. The Kier molecular flexibility index (Phi) is 2.71. The third-order valence-electron chi connectivity index (χ3n) is 4.64. The van der Waals surface area contributed by atoms with Crippen molar-refractivity contribution in [2.45, 2.75) is 13.8 Å². The number of fused-ring (bicyclic) bond motifs is 5. The number of pyridine rings is 1. The molecule has 0 aliphatic heterocycles. The van der Waals surface area contributed by atoms with Crippen molar-refractivity contribution in [1.82, 2.24) is 15.3 Å². The van der Waals surface area contributed by atoms with Gasteiger partial charge in [0, 0.05) is 16.7 Å². The number of carbonyl (C=O) groups excluding carboxylic acids is 1. The summed E-state index contributed by atoms with van der Waals surface area (Å²) in [5.41, 5.74) is 7.47. The molecule has 1 aliphatic carbocycles. The highest BCUT2D eigenvalue weighted by atomic mass is 16.6. The van der Waals surface area contributed by atoms with Gasteiger partial charge in [-0.3, -0.25) is 4.79 Å². The Morgan fingerprint density at radius 1 is 0.800 bits per heavy atom.